The van der Waals surface area contributed by atoms with Gasteiger partial charge in [0.1, 0.15) is 5.01 Å². The van der Waals surface area contributed by atoms with Crippen molar-refractivity contribution in [2.75, 3.05) is 11.9 Å². The summed E-state index contributed by atoms with van der Waals surface area (Å²) in [5.41, 5.74) is 2.21. The largest absolute Gasteiger partial charge is 0.306 e. The summed E-state index contributed by atoms with van der Waals surface area (Å²) in [6.45, 7) is 2.95. The summed E-state index contributed by atoms with van der Waals surface area (Å²) in [7, 11) is 0. The van der Waals surface area contributed by atoms with E-state index in [2.05, 4.69) is 26.9 Å². The number of amides is 1. The molecule has 5 nitrogen and oxygen atoms in total. The van der Waals surface area contributed by atoms with Gasteiger partial charge in [0.25, 0.3) is 0 Å². The lowest BCUT2D eigenvalue weighted by Gasteiger charge is -2.07. The van der Waals surface area contributed by atoms with Crippen LogP contribution in [0, 0.1) is 6.92 Å². The number of nitrogens with one attached hydrogen (secondary N) is 2. The Hall–Kier alpha value is -1.79. The second-order valence-electron chi connectivity index (χ2n) is 4.92. The van der Waals surface area contributed by atoms with Gasteiger partial charge in [-0.15, -0.1) is 10.2 Å². The molecular formula is C14H16N4OS. The summed E-state index contributed by atoms with van der Waals surface area (Å²) in [4.78, 5) is 12.0. The average Bonchev–Trinajstić information content (AvgIpc) is 3.10. The van der Waals surface area contributed by atoms with E-state index in [1.807, 2.05) is 25.1 Å². The Kier molecular flexibility index (Phi) is 3.75. The van der Waals surface area contributed by atoms with Crippen molar-refractivity contribution in [3.8, 4) is 10.6 Å². The van der Waals surface area contributed by atoms with Crippen LogP contribution in [0.25, 0.3) is 10.6 Å². The van der Waals surface area contributed by atoms with Crippen LogP contribution >= 0.6 is 11.3 Å². The predicted molar refractivity (Wildman–Crippen MR) is 79.7 cm³/mol. The molecule has 0 unspecified atom stereocenters. The van der Waals surface area contributed by atoms with Crippen molar-refractivity contribution in [2.45, 2.75) is 25.8 Å². The molecule has 1 saturated heterocycles. The van der Waals surface area contributed by atoms with Crippen LogP contribution in [0.2, 0.25) is 0 Å². The van der Waals surface area contributed by atoms with Crippen LogP contribution in [-0.2, 0) is 4.79 Å². The maximum absolute atomic E-state index is 12.0. The fraction of sp³-hybridized carbons (Fsp3) is 0.357. The molecule has 0 aliphatic carbocycles. The minimum absolute atomic E-state index is 0.0190. The topological polar surface area (TPSA) is 66.9 Å². The Balaban J connectivity index is 1.72. The molecule has 2 N–H and O–H groups in total. The van der Waals surface area contributed by atoms with Crippen molar-refractivity contribution in [2.24, 2.45) is 0 Å². The van der Waals surface area contributed by atoms with Crippen LogP contribution in [0.15, 0.2) is 24.3 Å². The Labute approximate surface area is 121 Å². The van der Waals surface area contributed by atoms with Gasteiger partial charge < -0.3 is 5.32 Å². The van der Waals surface area contributed by atoms with Crippen LogP contribution in [0.1, 0.15) is 18.4 Å². The second kappa shape index (κ2) is 5.68. The molecule has 1 aliphatic rings. The van der Waals surface area contributed by atoms with Gasteiger partial charge in [-0.25, -0.2) is 0 Å². The van der Waals surface area contributed by atoms with Gasteiger partial charge in [0.15, 0.2) is 0 Å². The first kappa shape index (κ1) is 13.2. The van der Waals surface area contributed by atoms with Gasteiger partial charge in [-0.3, -0.25) is 10.1 Å². The number of anilines is 1. The summed E-state index contributed by atoms with van der Waals surface area (Å²) in [6, 6.07) is 8.00. The molecule has 0 radical (unpaired) electrons. The molecule has 1 atom stereocenters. The first-order valence-corrected chi connectivity index (χ1v) is 7.49. The Bertz CT molecular complexity index is 619. The summed E-state index contributed by atoms with van der Waals surface area (Å²) in [5, 5.41) is 15.6. The Morgan fingerprint density at radius 1 is 1.45 bits per heavy atom. The molecule has 1 aliphatic heterocycles. The molecular weight excluding hydrogens is 272 g/mol. The Morgan fingerprint density at radius 3 is 3.10 bits per heavy atom. The minimum Gasteiger partial charge on any atom is -0.306 e. The Morgan fingerprint density at radius 2 is 2.35 bits per heavy atom. The van der Waals surface area contributed by atoms with E-state index in [0.717, 1.165) is 30.0 Å². The van der Waals surface area contributed by atoms with Crippen LogP contribution in [0.3, 0.4) is 0 Å². The first-order valence-electron chi connectivity index (χ1n) is 6.67. The van der Waals surface area contributed by atoms with Crippen molar-refractivity contribution >= 4 is 22.4 Å². The van der Waals surface area contributed by atoms with Gasteiger partial charge in [0, 0.05) is 5.56 Å². The quantitative estimate of drug-likeness (QED) is 0.908. The van der Waals surface area contributed by atoms with Gasteiger partial charge in [0.2, 0.25) is 11.0 Å². The van der Waals surface area contributed by atoms with Gasteiger partial charge in [-0.2, -0.15) is 0 Å². The maximum Gasteiger partial charge on any atom is 0.243 e. The van der Waals surface area contributed by atoms with E-state index in [0.29, 0.717) is 5.13 Å². The van der Waals surface area contributed by atoms with Gasteiger partial charge in [-0.05, 0) is 32.4 Å². The molecule has 1 fully saturated rings. The molecule has 104 valence electrons. The summed E-state index contributed by atoms with van der Waals surface area (Å²) in [6.07, 6.45) is 1.93. The zero-order valence-electron chi connectivity index (χ0n) is 11.2. The molecule has 2 heterocycles. The number of carbonyl (C=O) groups is 1. The number of hydrogen-bond donors (Lipinski definition) is 2. The van der Waals surface area contributed by atoms with E-state index in [-0.39, 0.29) is 11.9 Å². The van der Waals surface area contributed by atoms with Gasteiger partial charge >= 0.3 is 0 Å². The molecule has 1 aromatic carbocycles. The predicted octanol–water partition coefficient (Wildman–Crippen LogP) is 2.20. The van der Waals surface area contributed by atoms with Crippen LogP contribution < -0.4 is 10.6 Å². The lowest BCUT2D eigenvalue weighted by molar-refractivity contribution is -0.117. The zero-order valence-corrected chi connectivity index (χ0v) is 12.0. The highest BCUT2D eigenvalue weighted by molar-refractivity contribution is 7.18. The molecule has 1 aromatic heterocycles. The zero-order chi connectivity index (χ0) is 13.9. The molecule has 2 aromatic rings. The fourth-order valence-electron chi connectivity index (χ4n) is 2.27. The number of benzene rings is 1. The summed E-state index contributed by atoms with van der Waals surface area (Å²) < 4.78 is 0. The number of nitrogens with zero attached hydrogens (tertiary/aromatic N) is 2. The molecule has 0 saturated carbocycles. The van der Waals surface area contributed by atoms with Crippen molar-refractivity contribution in [1.29, 1.82) is 0 Å². The van der Waals surface area contributed by atoms with Crippen LogP contribution in [0.4, 0.5) is 5.13 Å². The van der Waals surface area contributed by atoms with Crippen molar-refractivity contribution in [1.82, 2.24) is 15.5 Å². The number of hydrogen-bond acceptors (Lipinski definition) is 5. The molecule has 3 rings (SSSR count). The van der Waals surface area contributed by atoms with Crippen molar-refractivity contribution < 1.29 is 4.79 Å². The molecule has 20 heavy (non-hydrogen) atoms. The standard InChI is InChI=1S/C14H16N4OS/c1-9-4-2-5-10(8-9)13-17-18-14(20-13)16-12(19)11-6-3-7-15-11/h2,4-5,8,11,15H,3,6-7H2,1H3,(H,16,18,19)/t11-/m0/s1. The van der Waals surface area contributed by atoms with Gasteiger partial charge in [0.05, 0.1) is 6.04 Å². The molecule has 1 amide bonds. The first-order chi connectivity index (χ1) is 9.72. The molecule has 0 spiro atoms. The second-order valence-corrected chi connectivity index (χ2v) is 5.90. The summed E-state index contributed by atoms with van der Waals surface area (Å²) in [5.74, 6) is -0.0190. The SMILES string of the molecule is Cc1cccc(-c2nnc(NC(=O)[C@@H]3CCCN3)s2)c1. The number of carbonyl (C=O) groups excluding carboxylic acids is 1. The van der Waals surface area contributed by atoms with Crippen molar-refractivity contribution in [3.05, 3.63) is 29.8 Å². The smallest absolute Gasteiger partial charge is 0.243 e. The van der Waals surface area contributed by atoms with Crippen LogP contribution in [-0.4, -0.2) is 28.7 Å². The van der Waals surface area contributed by atoms with E-state index < -0.39 is 0 Å². The summed E-state index contributed by atoms with van der Waals surface area (Å²) >= 11 is 1.40. The van der Waals surface area contributed by atoms with E-state index in [9.17, 15) is 4.79 Å². The average molecular weight is 288 g/mol. The van der Waals surface area contributed by atoms with E-state index in [1.54, 1.807) is 0 Å². The third-order valence-corrected chi connectivity index (χ3v) is 4.18. The maximum atomic E-state index is 12.0. The highest BCUT2D eigenvalue weighted by atomic mass is 32.1. The highest BCUT2D eigenvalue weighted by Gasteiger charge is 2.23. The number of rotatable bonds is 3. The van der Waals surface area contributed by atoms with E-state index in [4.69, 9.17) is 0 Å². The lowest BCUT2D eigenvalue weighted by Crippen LogP contribution is -2.35. The van der Waals surface area contributed by atoms with E-state index >= 15 is 0 Å². The van der Waals surface area contributed by atoms with Gasteiger partial charge in [-0.1, -0.05) is 35.1 Å². The lowest BCUT2D eigenvalue weighted by atomic mass is 10.1. The third-order valence-electron chi connectivity index (χ3n) is 3.30. The normalized spacial score (nSPS) is 18.1. The van der Waals surface area contributed by atoms with Crippen LogP contribution in [0.5, 0.6) is 0 Å². The molecule has 6 heteroatoms. The minimum atomic E-state index is -0.0960. The third kappa shape index (κ3) is 2.86. The number of aromatic nitrogens is 2. The number of aryl methyl sites for hydroxylation is 1. The highest BCUT2D eigenvalue weighted by Crippen LogP contribution is 2.27. The fourth-order valence-corrected chi connectivity index (χ4v) is 3.01. The molecule has 0 bridgehead atoms. The van der Waals surface area contributed by atoms with E-state index in [1.165, 1.54) is 16.9 Å². The van der Waals surface area contributed by atoms with Crippen molar-refractivity contribution in [3.63, 3.8) is 0 Å². The monoisotopic (exact) mass is 288 g/mol.